The van der Waals surface area contributed by atoms with Crippen molar-refractivity contribution in [2.75, 3.05) is 52.0 Å². The third-order valence-corrected chi connectivity index (χ3v) is 14.9. The first-order valence-electron chi connectivity index (χ1n) is 29.4. The van der Waals surface area contributed by atoms with E-state index in [0.717, 1.165) is 80.0 Å². The molecule has 0 spiro atoms. The molecule has 10 rings (SSSR count). The van der Waals surface area contributed by atoms with Crippen LogP contribution in [0.25, 0.3) is 0 Å². The molecule has 4 aromatic heterocycles. The van der Waals surface area contributed by atoms with E-state index in [-0.39, 0.29) is 14.0 Å². The average Bonchev–Trinajstić information content (AvgIpc) is 1.03. The zero-order valence-corrected chi connectivity index (χ0v) is 63.6. The number of azo groups is 3. The molecule has 572 valence electrons. The lowest BCUT2D eigenvalue weighted by atomic mass is 10.1. The number of nitriles is 4. The fourth-order valence-corrected chi connectivity index (χ4v) is 9.73. The van der Waals surface area contributed by atoms with Crippen molar-refractivity contribution in [3.8, 4) is 24.3 Å². The molecule has 0 aliphatic carbocycles. The van der Waals surface area contributed by atoms with Gasteiger partial charge in [0, 0.05) is 38.1 Å². The van der Waals surface area contributed by atoms with E-state index in [1.54, 1.807) is 67.6 Å². The van der Waals surface area contributed by atoms with Crippen LogP contribution in [0, 0.1) is 66.1 Å². The van der Waals surface area contributed by atoms with E-state index in [9.17, 15) is 49.5 Å². The van der Waals surface area contributed by atoms with Gasteiger partial charge in [-0.2, -0.15) is 54.7 Å². The van der Waals surface area contributed by atoms with Gasteiger partial charge in [-0.3, -0.25) is 18.2 Å². The number of para-hydroxylation sites is 4. The molecule has 6 aromatic carbocycles. The Bertz CT molecular complexity index is 5200. The zero-order valence-electron chi connectivity index (χ0n) is 57.1. The first-order valence-corrected chi connectivity index (χ1v) is 39.9. The quantitative estimate of drug-likeness (QED) is 0.00843. The molecule has 0 bridgehead atoms. The molecule has 0 fully saturated rings. The lowest BCUT2D eigenvalue weighted by Crippen LogP contribution is -2.05. The van der Waals surface area contributed by atoms with Gasteiger partial charge in [-0.1, -0.05) is 114 Å². The molecule has 109 heavy (non-hydrogen) atoms. The lowest BCUT2D eigenvalue weighted by molar-refractivity contribution is -0.432. The van der Waals surface area contributed by atoms with Crippen molar-refractivity contribution >= 4 is 179 Å². The molecule has 12 N–H and O–H groups in total. The smallest absolute Gasteiger partial charge is 0.261 e. The van der Waals surface area contributed by atoms with Gasteiger partial charge in [0.25, 0.3) is 40.5 Å². The van der Waals surface area contributed by atoms with Gasteiger partial charge in [-0.25, -0.2) is 20.5 Å². The van der Waals surface area contributed by atoms with Crippen LogP contribution in [0.15, 0.2) is 222 Å². The van der Waals surface area contributed by atoms with E-state index in [0.29, 0.717) is 107 Å². The fourth-order valence-electron chi connectivity index (χ4n) is 7.56. The molecule has 4 heterocycles. The molecule has 44 heteroatoms. The number of benzene rings is 6. The Morgan fingerprint density at radius 1 is 0.422 bits per heavy atom. The van der Waals surface area contributed by atoms with Gasteiger partial charge >= 0.3 is 0 Å². The second kappa shape index (κ2) is 46.2. The predicted octanol–water partition coefficient (Wildman–Crippen LogP) is 15.6. The number of thiophene rings is 2. The van der Waals surface area contributed by atoms with Gasteiger partial charge in [0.1, 0.15) is 50.8 Å². The van der Waals surface area contributed by atoms with Crippen molar-refractivity contribution in [2.45, 2.75) is 30.6 Å². The molecule has 0 saturated carbocycles. The Kier molecular flexibility index (Phi) is 39.1. The lowest BCUT2D eigenvalue weighted by Gasteiger charge is -2.16. The van der Waals surface area contributed by atoms with E-state index in [1.165, 1.54) is 11.3 Å². The maximum absolute atomic E-state index is 10.0. The third kappa shape index (κ3) is 37.9. The van der Waals surface area contributed by atoms with Crippen LogP contribution >= 0.6 is 46.8 Å². The van der Waals surface area contributed by atoms with Crippen molar-refractivity contribution in [1.82, 2.24) is 9.97 Å². The molecule has 0 radical (unpaired) electrons. The molecule has 0 atom stereocenters. The number of hydrogen-bond donors (Lipinski definition) is 11. The number of aromatic nitrogens is 2. The van der Waals surface area contributed by atoms with Crippen molar-refractivity contribution in [3.63, 3.8) is 0 Å². The van der Waals surface area contributed by atoms with Gasteiger partial charge in [-0.05, 0) is 141 Å². The summed E-state index contributed by atoms with van der Waals surface area (Å²) in [4.78, 5) is 10.8. The Labute approximate surface area is 644 Å². The van der Waals surface area contributed by atoms with Gasteiger partial charge in [-0.15, -0.1) is 39.4 Å². The molecular weight excluding hydrogens is 1570 g/mol. The number of nitrogens with two attached hydrogens (primary N) is 1. The average molecular weight is 1640 g/mol. The highest BCUT2D eigenvalue weighted by molar-refractivity contribution is 7.94. The summed E-state index contributed by atoms with van der Waals surface area (Å²) in [5.74, 6) is 2.05. The van der Waals surface area contributed by atoms with Gasteiger partial charge in [0.05, 0.1) is 82.7 Å². The maximum Gasteiger partial charge on any atom is 0.261 e. The molecule has 35 nitrogen and oxygen atoms in total. The minimum atomic E-state index is -3.67. The number of hydrogen-bond acceptors (Lipinski definition) is 35. The highest BCUT2D eigenvalue weighted by Gasteiger charge is 2.20. The molecule has 0 saturated heterocycles. The number of rotatable bonds is 20. The van der Waals surface area contributed by atoms with Crippen molar-refractivity contribution < 1.29 is 81.1 Å². The van der Waals surface area contributed by atoms with Crippen molar-refractivity contribution in [2.24, 2.45) is 30.7 Å². The van der Waals surface area contributed by atoms with E-state index >= 15 is 0 Å². The zero-order chi connectivity index (χ0) is 80.0. The van der Waals surface area contributed by atoms with E-state index in [2.05, 4.69) is 93.9 Å². The monoisotopic (exact) mass is 1640 g/mol. The maximum atomic E-state index is 10.0. The number of nitrogens with one attached hydrogen (secondary N) is 4. The topological polar surface area (TPSA) is 564 Å². The van der Waals surface area contributed by atoms with E-state index < -0.39 is 40.5 Å². The summed E-state index contributed by atoms with van der Waals surface area (Å²) < 4.78 is 112. The minimum absolute atomic E-state index is 0. The van der Waals surface area contributed by atoms with Crippen LogP contribution < -0.4 is 27.0 Å². The Morgan fingerprint density at radius 2 is 0.743 bits per heavy atom. The summed E-state index contributed by atoms with van der Waals surface area (Å²) in [6, 6.07) is 63.9. The van der Waals surface area contributed by atoms with Crippen LogP contribution in [0.3, 0.4) is 0 Å². The van der Waals surface area contributed by atoms with E-state index in [1.807, 2.05) is 141 Å². The summed E-state index contributed by atoms with van der Waals surface area (Å²) in [5, 5.41) is 102. The third-order valence-electron chi connectivity index (χ3n) is 12.0. The van der Waals surface area contributed by atoms with Gasteiger partial charge < -0.3 is 27.0 Å². The molecule has 0 aliphatic rings. The molecular formula is C65H67BN17O18S8-. The second-order valence-corrected chi connectivity index (χ2v) is 30.1. The van der Waals surface area contributed by atoms with E-state index in [4.69, 9.17) is 44.7 Å². The van der Waals surface area contributed by atoms with Gasteiger partial charge in [0.2, 0.25) is 0 Å². The van der Waals surface area contributed by atoms with Crippen LogP contribution in [-0.4, -0.2) is 106 Å². The van der Waals surface area contributed by atoms with Crippen LogP contribution in [0.2, 0.25) is 0 Å². The second-order valence-electron chi connectivity index (χ2n) is 20.6. The molecule has 0 aliphatic heterocycles. The largest absolute Gasteiger partial charge is 0.389 e. The van der Waals surface area contributed by atoms with Crippen LogP contribution in [0.1, 0.15) is 38.9 Å². The first kappa shape index (κ1) is 92.2. The Morgan fingerprint density at radius 3 is 1.08 bits per heavy atom. The Balaban J connectivity index is 0.000000398. The summed E-state index contributed by atoms with van der Waals surface area (Å²) in [6.07, 6.45) is 2.86. The predicted molar refractivity (Wildman–Crippen MR) is 421 cm³/mol. The van der Waals surface area contributed by atoms with Crippen molar-refractivity contribution in [3.05, 3.63) is 221 Å². The van der Waals surface area contributed by atoms with Crippen LogP contribution in [0.5, 0.6) is 0 Å². The number of anilines is 9. The minimum Gasteiger partial charge on any atom is -0.389 e. The number of nitrogens with zero attached hydrogens (tertiary/aromatic N) is 12. The van der Waals surface area contributed by atoms with Crippen LogP contribution in [-0.2, 0) is 59.2 Å². The van der Waals surface area contributed by atoms with Crippen LogP contribution in [0.4, 0.5) is 83.1 Å². The van der Waals surface area contributed by atoms with Crippen molar-refractivity contribution in [1.29, 1.82) is 21.0 Å². The van der Waals surface area contributed by atoms with Gasteiger partial charge in [0.15, 0.2) is 22.5 Å². The summed E-state index contributed by atoms with van der Waals surface area (Å²) in [5.41, 5.74) is 14.5. The highest BCUT2D eigenvalue weighted by Crippen LogP contribution is 2.42. The Hall–Kier alpha value is -11.1. The summed E-state index contributed by atoms with van der Waals surface area (Å²) in [7, 11) is -14.7. The standard InChI is InChI=1S/C30H21N9O3S2.C20H18N4.C11H8N4O3S2.4CH4O3S.BH4/c1-19-25(18-32)28(33-21-8-4-2-5-9-21)35-29(34-22-10-6-3-7-11-22)27(19)38-39-30-20(17-31)16-26(43-30)37-36-23-12-14-24(15-13-23)44-42-41-40;1-14-15(2)19(22-16-9-5-3-6-10-16)24-20(18(14)13-21)23-17-11-7-4-8-12-17;12-6-7-5-10(19-11(7)13)15-14-8-1-3-9(4-2-8)20-18-17-16;4*1-5(2,3)4;/h2-16,40H,1H3,(H2,33,34,35);3-12H,1-2H3,(H2,22,23,24);1-5,16H,13H2;4*1H3,(H,2,3,4);1H4/q;;;;;;;-1. The molecule has 0 unspecified atom stereocenters. The highest BCUT2D eigenvalue weighted by atomic mass is 32.2. The summed E-state index contributed by atoms with van der Waals surface area (Å²) in [6.45, 7) is 5.69. The first-order chi connectivity index (χ1) is 51.0. The number of nitrogen functional groups attached to an aromatic ring is 1. The summed E-state index contributed by atoms with van der Waals surface area (Å²) >= 11 is 4.02. The normalized spacial score (nSPS) is 10.8. The molecule has 0 amide bonds. The molecule has 10 aromatic rings. The SMILES string of the molecule is CS(=O)(=O)O.CS(=O)(=O)O.CS(=O)(=O)O.CS(=O)(=O)O.Cc1c(C#N)c(Nc2ccccc2)nc(Nc2ccccc2)c1N=Nc1sc(N=Nc2ccc(SOOO)cc2)cc1C#N.Cc1c(Nc2ccccc2)nc(Nc2ccccc2)c(C#N)c1C.N#Cc1cc(N=Nc2ccc(SOOO)cc2)sc1N.[BH4-]. The fraction of sp³-hybridized carbons (Fsp3) is 0.108. The number of pyridine rings is 2.